The quantitative estimate of drug-likeness (QED) is 0.0950. The van der Waals surface area contributed by atoms with Gasteiger partial charge in [-0.3, -0.25) is 0 Å². The highest BCUT2D eigenvalue weighted by atomic mass is 16.5. The lowest BCUT2D eigenvalue weighted by atomic mass is 10.1. The highest BCUT2D eigenvalue weighted by molar-refractivity contribution is 6.09. The second-order valence-electron chi connectivity index (χ2n) is 10.6. The zero-order valence-corrected chi connectivity index (χ0v) is 25.4. The third-order valence-electron chi connectivity index (χ3n) is 7.46. The molecule has 0 saturated heterocycles. The van der Waals surface area contributed by atoms with Crippen molar-refractivity contribution in [3.8, 4) is 0 Å². The van der Waals surface area contributed by atoms with E-state index in [0.717, 1.165) is 66.4 Å². The van der Waals surface area contributed by atoms with Crippen molar-refractivity contribution in [3.05, 3.63) is 170 Å². The first kappa shape index (κ1) is 29.1. The minimum atomic E-state index is 0.627. The Hall–Kier alpha value is -5.94. The molecule has 0 amide bonds. The summed E-state index contributed by atoms with van der Waals surface area (Å²) in [4.78, 5) is 9.65. The molecule has 0 aliphatic rings. The maximum Gasteiger partial charge on any atom is 0.126 e. The molecule has 4 aromatic carbocycles. The van der Waals surface area contributed by atoms with E-state index in [1.807, 2.05) is 111 Å². The monoisotopic (exact) mass is 586 g/mol. The van der Waals surface area contributed by atoms with Crippen LogP contribution in [0.25, 0.3) is 43.6 Å². The Morgan fingerprint density at radius 2 is 1.00 bits per heavy atom. The van der Waals surface area contributed by atoms with E-state index >= 15 is 0 Å². The molecule has 0 atom stereocenters. The summed E-state index contributed by atoms with van der Waals surface area (Å²) in [5, 5.41) is 11.4. The maximum absolute atomic E-state index is 6.13. The van der Waals surface area contributed by atoms with Crippen molar-refractivity contribution < 1.29 is 4.74 Å². The van der Waals surface area contributed by atoms with Gasteiger partial charge in [0.15, 0.2) is 0 Å². The lowest BCUT2D eigenvalue weighted by Gasteiger charge is -2.14. The molecule has 5 heteroatoms. The molecule has 2 aromatic heterocycles. The Morgan fingerprint density at radius 1 is 0.556 bits per heavy atom. The number of benzene rings is 4. The average Bonchev–Trinajstić information content (AvgIpc) is 3.07. The Bertz CT molecular complexity index is 2100. The van der Waals surface area contributed by atoms with Crippen molar-refractivity contribution in [2.24, 2.45) is 0 Å². The number of para-hydroxylation sites is 4. The number of allylic oxidation sites excluding steroid dienone is 8. The van der Waals surface area contributed by atoms with Crippen LogP contribution in [0, 0.1) is 0 Å². The third kappa shape index (κ3) is 6.38. The molecule has 6 aromatic rings. The van der Waals surface area contributed by atoms with Gasteiger partial charge in [0.2, 0.25) is 0 Å². The zero-order chi connectivity index (χ0) is 31.2. The molecular formula is C40H34N4O. The van der Waals surface area contributed by atoms with Crippen molar-refractivity contribution in [3.63, 3.8) is 0 Å². The van der Waals surface area contributed by atoms with Crippen LogP contribution in [0.5, 0.6) is 0 Å². The normalized spacial score (nSPS) is 12.9. The van der Waals surface area contributed by atoms with Crippen LogP contribution in [0.1, 0.15) is 13.8 Å². The average molecular weight is 587 g/mol. The van der Waals surface area contributed by atoms with E-state index in [1.165, 1.54) is 0 Å². The first-order valence-corrected chi connectivity index (χ1v) is 14.8. The molecule has 45 heavy (non-hydrogen) atoms. The second-order valence-corrected chi connectivity index (χ2v) is 10.6. The standard InChI is InChI=1S/C40H34N4O/c1-5-29(42-40-33-17-9-13-21-37(33)44-38-22-14-10-18-34(38)40)25-24-28(4)45-30(6-2)26-23-27(3)41-39-31-15-7-11-19-35(31)43-36-20-12-8-16-32(36)39/h5-26H,1-2H2,3-4H3,(H,41,43)(H,42,44)/b27-23+,28-24+,29-25+,30-26+. The summed E-state index contributed by atoms with van der Waals surface area (Å²) < 4.78 is 6.13. The van der Waals surface area contributed by atoms with E-state index in [2.05, 4.69) is 48.1 Å². The Morgan fingerprint density at radius 3 is 1.44 bits per heavy atom. The number of nitrogens with one attached hydrogen (secondary N) is 2. The fourth-order valence-corrected chi connectivity index (χ4v) is 5.27. The number of hydrogen-bond acceptors (Lipinski definition) is 5. The molecular weight excluding hydrogens is 552 g/mol. The van der Waals surface area contributed by atoms with Crippen LogP contribution in [0.15, 0.2) is 170 Å². The number of ether oxygens (including phenoxy) is 1. The van der Waals surface area contributed by atoms with E-state index < -0.39 is 0 Å². The highest BCUT2D eigenvalue weighted by Gasteiger charge is 2.10. The Labute approximate surface area is 263 Å². The predicted octanol–water partition coefficient (Wildman–Crippen LogP) is 10.6. The van der Waals surface area contributed by atoms with Crippen LogP contribution < -0.4 is 10.6 Å². The van der Waals surface area contributed by atoms with Gasteiger partial charge in [0, 0.05) is 32.9 Å². The van der Waals surface area contributed by atoms with Crippen LogP contribution in [0.4, 0.5) is 11.4 Å². The first-order valence-electron chi connectivity index (χ1n) is 14.8. The van der Waals surface area contributed by atoms with Crippen LogP contribution >= 0.6 is 0 Å². The van der Waals surface area contributed by atoms with Crippen LogP contribution in [0.3, 0.4) is 0 Å². The van der Waals surface area contributed by atoms with Gasteiger partial charge >= 0.3 is 0 Å². The first-order chi connectivity index (χ1) is 22.0. The molecule has 2 N–H and O–H groups in total. The molecule has 0 aliphatic heterocycles. The predicted molar refractivity (Wildman–Crippen MR) is 191 cm³/mol. The molecule has 6 rings (SSSR count). The van der Waals surface area contributed by atoms with Gasteiger partial charge in [-0.05, 0) is 74.6 Å². The number of hydrogen-bond donors (Lipinski definition) is 2. The zero-order valence-electron chi connectivity index (χ0n) is 25.4. The summed E-state index contributed by atoms with van der Waals surface area (Å²) in [6.07, 6.45) is 11.3. The summed E-state index contributed by atoms with van der Waals surface area (Å²) in [5.74, 6) is 1.33. The summed E-state index contributed by atoms with van der Waals surface area (Å²) in [5.41, 5.74) is 7.57. The van der Waals surface area contributed by atoms with Gasteiger partial charge in [-0.2, -0.15) is 0 Å². The number of rotatable bonds is 10. The van der Waals surface area contributed by atoms with Gasteiger partial charge in [0.05, 0.1) is 33.4 Å². The minimum Gasteiger partial charge on any atom is -0.462 e. The van der Waals surface area contributed by atoms with Crippen LogP contribution in [-0.4, -0.2) is 9.97 Å². The minimum absolute atomic E-state index is 0.627. The molecule has 0 unspecified atom stereocenters. The summed E-state index contributed by atoms with van der Waals surface area (Å²) in [7, 11) is 0. The maximum atomic E-state index is 6.13. The smallest absolute Gasteiger partial charge is 0.126 e. The molecule has 0 radical (unpaired) electrons. The molecule has 0 aliphatic carbocycles. The van der Waals surface area contributed by atoms with Gasteiger partial charge < -0.3 is 15.4 Å². The topological polar surface area (TPSA) is 59.1 Å². The van der Waals surface area contributed by atoms with Crippen LogP contribution in [-0.2, 0) is 4.74 Å². The SMILES string of the molecule is C=C/C(=C\C=C(/C)O/C(C=C)=C/C=C(\C)Nc1c2ccccc2nc2ccccc12)Nc1c2ccccc2nc2ccccc12. The van der Waals surface area contributed by atoms with E-state index in [0.29, 0.717) is 11.5 Å². The fourth-order valence-electron chi connectivity index (χ4n) is 5.27. The third-order valence-corrected chi connectivity index (χ3v) is 7.46. The summed E-state index contributed by atoms with van der Waals surface area (Å²) in [6.45, 7) is 11.9. The van der Waals surface area contributed by atoms with Crippen molar-refractivity contribution in [2.75, 3.05) is 10.6 Å². The van der Waals surface area contributed by atoms with Crippen LogP contribution in [0.2, 0.25) is 0 Å². The Balaban J connectivity index is 1.22. The largest absolute Gasteiger partial charge is 0.462 e. The van der Waals surface area contributed by atoms with Crippen molar-refractivity contribution >= 4 is 55.0 Å². The highest BCUT2D eigenvalue weighted by Crippen LogP contribution is 2.33. The molecule has 0 fully saturated rings. The number of nitrogens with zero attached hydrogens (tertiary/aromatic N) is 2. The number of pyridine rings is 2. The number of anilines is 2. The molecule has 0 saturated carbocycles. The number of aromatic nitrogens is 2. The lowest BCUT2D eigenvalue weighted by molar-refractivity contribution is 0.323. The van der Waals surface area contributed by atoms with Crippen molar-refractivity contribution in [2.45, 2.75) is 13.8 Å². The van der Waals surface area contributed by atoms with Gasteiger partial charge in [-0.15, -0.1) is 0 Å². The second kappa shape index (κ2) is 13.1. The molecule has 0 bridgehead atoms. The molecule has 2 heterocycles. The van der Waals surface area contributed by atoms with E-state index in [4.69, 9.17) is 14.7 Å². The van der Waals surface area contributed by atoms with E-state index in [9.17, 15) is 0 Å². The van der Waals surface area contributed by atoms with Crippen molar-refractivity contribution in [1.82, 2.24) is 9.97 Å². The number of fused-ring (bicyclic) bond motifs is 4. The van der Waals surface area contributed by atoms with E-state index in [-0.39, 0.29) is 0 Å². The van der Waals surface area contributed by atoms with E-state index in [1.54, 1.807) is 12.2 Å². The molecule has 0 spiro atoms. The molecule has 5 nitrogen and oxygen atoms in total. The Kier molecular flexibility index (Phi) is 8.51. The summed E-state index contributed by atoms with van der Waals surface area (Å²) >= 11 is 0. The van der Waals surface area contributed by atoms with Gasteiger partial charge in [0.25, 0.3) is 0 Å². The van der Waals surface area contributed by atoms with Crippen molar-refractivity contribution in [1.29, 1.82) is 0 Å². The van der Waals surface area contributed by atoms with Gasteiger partial charge in [0.1, 0.15) is 11.5 Å². The van der Waals surface area contributed by atoms with Gasteiger partial charge in [-0.1, -0.05) is 86.0 Å². The fraction of sp³-hybridized carbons (Fsp3) is 0.0500. The molecule has 220 valence electrons. The summed E-state index contributed by atoms with van der Waals surface area (Å²) in [6, 6.07) is 32.6. The van der Waals surface area contributed by atoms with Gasteiger partial charge in [-0.25, -0.2) is 9.97 Å². The lowest BCUT2D eigenvalue weighted by Crippen LogP contribution is -2.00.